The summed E-state index contributed by atoms with van der Waals surface area (Å²) < 4.78 is 11.4. The van der Waals surface area contributed by atoms with Gasteiger partial charge in [0.25, 0.3) is 0 Å². The lowest BCUT2D eigenvalue weighted by molar-refractivity contribution is 0.267. The van der Waals surface area contributed by atoms with E-state index in [0.717, 1.165) is 22.8 Å². The van der Waals surface area contributed by atoms with Crippen LogP contribution in [0.2, 0.25) is 0 Å². The zero-order valence-electron chi connectivity index (χ0n) is 11.8. The average molecular weight is 259 g/mol. The molecule has 0 aliphatic heterocycles. The molecule has 2 aromatic rings. The predicted octanol–water partition coefficient (Wildman–Crippen LogP) is 3.75. The van der Waals surface area contributed by atoms with Crippen LogP contribution in [0.3, 0.4) is 0 Å². The summed E-state index contributed by atoms with van der Waals surface area (Å²) in [6, 6.07) is 10.1. The van der Waals surface area contributed by atoms with Crippen LogP contribution in [0.25, 0.3) is 0 Å². The van der Waals surface area contributed by atoms with E-state index in [9.17, 15) is 0 Å². The first-order chi connectivity index (χ1) is 9.10. The van der Waals surface area contributed by atoms with Gasteiger partial charge in [-0.15, -0.1) is 0 Å². The van der Waals surface area contributed by atoms with E-state index in [2.05, 4.69) is 26.0 Å². The standard InChI is InChI=1S/C16H21NO2/c1-11(2)13-5-4-6-15(7-13)18-10-16-8-14(9-17)12(3)19-16/h4-8,11H,9-10,17H2,1-3H3. The monoisotopic (exact) mass is 259 g/mol. The molecule has 0 aliphatic carbocycles. The number of ether oxygens (including phenoxy) is 1. The second kappa shape index (κ2) is 5.93. The molecule has 0 saturated heterocycles. The summed E-state index contributed by atoms with van der Waals surface area (Å²) in [5.74, 6) is 3.05. The minimum atomic E-state index is 0.433. The second-order valence-electron chi connectivity index (χ2n) is 5.01. The third-order valence-corrected chi connectivity index (χ3v) is 3.20. The largest absolute Gasteiger partial charge is 0.486 e. The summed E-state index contributed by atoms with van der Waals surface area (Å²) in [4.78, 5) is 0. The maximum Gasteiger partial charge on any atom is 0.146 e. The summed E-state index contributed by atoms with van der Waals surface area (Å²) >= 11 is 0. The fourth-order valence-corrected chi connectivity index (χ4v) is 1.98. The minimum Gasteiger partial charge on any atom is -0.486 e. The molecule has 1 aromatic carbocycles. The average Bonchev–Trinajstić information content (AvgIpc) is 2.77. The van der Waals surface area contributed by atoms with E-state index in [1.165, 1.54) is 5.56 Å². The van der Waals surface area contributed by atoms with Crippen LogP contribution >= 0.6 is 0 Å². The van der Waals surface area contributed by atoms with E-state index in [4.69, 9.17) is 14.9 Å². The summed E-state index contributed by atoms with van der Waals surface area (Å²) in [6.45, 7) is 7.19. The number of rotatable bonds is 5. The van der Waals surface area contributed by atoms with Crippen molar-refractivity contribution in [2.75, 3.05) is 0 Å². The van der Waals surface area contributed by atoms with Crippen molar-refractivity contribution in [1.82, 2.24) is 0 Å². The molecule has 0 unspecified atom stereocenters. The van der Waals surface area contributed by atoms with Crippen molar-refractivity contribution in [3.63, 3.8) is 0 Å². The fraction of sp³-hybridized carbons (Fsp3) is 0.375. The molecule has 2 N–H and O–H groups in total. The summed E-state index contributed by atoms with van der Waals surface area (Å²) in [7, 11) is 0. The van der Waals surface area contributed by atoms with Gasteiger partial charge in [-0.1, -0.05) is 26.0 Å². The summed E-state index contributed by atoms with van der Waals surface area (Å²) in [6.07, 6.45) is 0. The molecule has 0 atom stereocenters. The Balaban J connectivity index is 2.03. The first-order valence-corrected chi connectivity index (χ1v) is 6.61. The third-order valence-electron chi connectivity index (χ3n) is 3.20. The van der Waals surface area contributed by atoms with Gasteiger partial charge in [0, 0.05) is 12.1 Å². The predicted molar refractivity (Wildman–Crippen MR) is 76.2 cm³/mol. The summed E-state index contributed by atoms with van der Waals surface area (Å²) in [5, 5.41) is 0. The molecular formula is C16H21NO2. The third kappa shape index (κ3) is 3.38. The number of hydrogen-bond acceptors (Lipinski definition) is 3. The number of hydrogen-bond donors (Lipinski definition) is 1. The zero-order chi connectivity index (χ0) is 13.8. The van der Waals surface area contributed by atoms with Crippen LogP contribution < -0.4 is 10.5 Å². The number of nitrogens with two attached hydrogens (primary N) is 1. The van der Waals surface area contributed by atoms with Crippen molar-refractivity contribution in [2.45, 2.75) is 39.8 Å². The van der Waals surface area contributed by atoms with Gasteiger partial charge >= 0.3 is 0 Å². The van der Waals surface area contributed by atoms with E-state index >= 15 is 0 Å². The highest BCUT2D eigenvalue weighted by Crippen LogP contribution is 2.22. The number of furan rings is 1. The Morgan fingerprint density at radius 1 is 1.26 bits per heavy atom. The maximum absolute atomic E-state index is 5.76. The molecule has 0 amide bonds. The van der Waals surface area contributed by atoms with Gasteiger partial charge in [-0.05, 0) is 36.6 Å². The molecule has 3 nitrogen and oxygen atoms in total. The van der Waals surface area contributed by atoms with Crippen molar-refractivity contribution in [3.8, 4) is 5.75 Å². The Bertz CT molecular complexity index is 543. The lowest BCUT2D eigenvalue weighted by Gasteiger charge is -2.08. The number of aryl methyl sites for hydroxylation is 1. The minimum absolute atomic E-state index is 0.433. The van der Waals surface area contributed by atoms with Crippen molar-refractivity contribution in [1.29, 1.82) is 0 Å². The number of benzene rings is 1. The molecule has 0 aliphatic rings. The lowest BCUT2D eigenvalue weighted by Crippen LogP contribution is -1.96. The van der Waals surface area contributed by atoms with Crippen molar-refractivity contribution < 1.29 is 9.15 Å². The van der Waals surface area contributed by atoms with Crippen LogP contribution in [0.1, 0.15) is 42.4 Å². The van der Waals surface area contributed by atoms with Crippen LogP contribution in [0.5, 0.6) is 5.75 Å². The van der Waals surface area contributed by atoms with E-state index in [-0.39, 0.29) is 0 Å². The van der Waals surface area contributed by atoms with Gasteiger partial charge in [0.05, 0.1) is 0 Å². The molecule has 0 spiro atoms. The van der Waals surface area contributed by atoms with E-state index in [1.807, 2.05) is 25.1 Å². The quantitative estimate of drug-likeness (QED) is 0.889. The van der Waals surface area contributed by atoms with Gasteiger partial charge in [0.1, 0.15) is 23.9 Å². The maximum atomic E-state index is 5.76. The molecule has 3 heteroatoms. The van der Waals surface area contributed by atoms with Crippen LogP contribution in [0, 0.1) is 6.92 Å². The Kier molecular flexibility index (Phi) is 4.27. The zero-order valence-corrected chi connectivity index (χ0v) is 11.8. The Morgan fingerprint density at radius 2 is 2.05 bits per heavy atom. The topological polar surface area (TPSA) is 48.4 Å². The van der Waals surface area contributed by atoms with Gasteiger partial charge in [-0.2, -0.15) is 0 Å². The SMILES string of the molecule is Cc1oc(COc2cccc(C(C)C)c2)cc1CN. The van der Waals surface area contributed by atoms with E-state index in [1.54, 1.807) is 0 Å². The molecule has 19 heavy (non-hydrogen) atoms. The highest BCUT2D eigenvalue weighted by molar-refractivity contribution is 5.30. The van der Waals surface area contributed by atoms with E-state index in [0.29, 0.717) is 19.1 Å². The van der Waals surface area contributed by atoms with Crippen LogP contribution in [-0.4, -0.2) is 0 Å². The van der Waals surface area contributed by atoms with Gasteiger partial charge in [0.2, 0.25) is 0 Å². The Morgan fingerprint density at radius 3 is 2.68 bits per heavy atom. The molecule has 0 fully saturated rings. The van der Waals surface area contributed by atoms with Crippen LogP contribution in [0.15, 0.2) is 34.7 Å². The molecule has 0 radical (unpaired) electrons. The molecule has 1 heterocycles. The highest BCUT2D eigenvalue weighted by atomic mass is 16.5. The lowest BCUT2D eigenvalue weighted by atomic mass is 10.0. The first-order valence-electron chi connectivity index (χ1n) is 6.61. The van der Waals surface area contributed by atoms with E-state index < -0.39 is 0 Å². The second-order valence-corrected chi connectivity index (χ2v) is 5.01. The first kappa shape index (κ1) is 13.7. The Hall–Kier alpha value is -1.74. The van der Waals surface area contributed by atoms with Crippen molar-refractivity contribution >= 4 is 0 Å². The summed E-state index contributed by atoms with van der Waals surface area (Å²) in [5.41, 5.74) is 7.93. The van der Waals surface area contributed by atoms with Gasteiger partial charge in [-0.3, -0.25) is 0 Å². The molecule has 1 aromatic heterocycles. The van der Waals surface area contributed by atoms with Gasteiger partial charge < -0.3 is 14.9 Å². The molecular weight excluding hydrogens is 238 g/mol. The molecule has 0 bridgehead atoms. The fourth-order valence-electron chi connectivity index (χ4n) is 1.98. The van der Waals surface area contributed by atoms with Crippen LogP contribution in [0.4, 0.5) is 0 Å². The Labute approximate surface area is 114 Å². The highest BCUT2D eigenvalue weighted by Gasteiger charge is 2.07. The smallest absolute Gasteiger partial charge is 0.146 e. The van der Waals surface area contributed by atoms with Crippen LogP contribution in [-0.2, 0) is 13.2 Å². The van der Waals surface area contributed by atoms with Crippen molar-refractivity contribution in [3.05, 3.63) is 53.0 Å². The van der Waals surface area contributed by atoms with Crippen molar-refractivity contribution in [2.24, 2.45) is 5.73 Å². The van der Waals surface area contributed by atoms with Gasteiger partial charge in [0.15, 0.2) is 0 Å². The molecule has 2 rings (SSSR count). The molecule has 0 saturated carbocycles. The normalized spacial score (nSPS) is 11.0. The molecule has 102 valence electrons. The van der Waals surface area contributed by atoms with Gasteiger partial charge in [-0.25, -0.2) is 0 Å².